The number of carbonyl (C=O) groups is 2. The number of alkyl halides is 6. The molecule has 2 aliphatic rings. The smallest absolute Gasteiger partial charge is 0.453 e. The minimum Gasteiger partial charge on any atom is -0.453 e. The molecule has 0 spiro atoms. The van der Waals surface area contributed by atoms with Gasteiger partial charge in [0.15, 0.2) is 0 Å². The molecule has 0 radical (unpaired) electrons. The molecule has 1 aromatic rings. The first kappa shape index (κ1) is 23.6. The van der Waals surface area contributed by atoms with Crippen molar-refractivity contribution >= 4 is 35.5 Å². The van der Waals surface area contributed by atoms with Crippen LogP contribution >= 0.6 is 23.6 Å². The van der Waals surface area contributed by atoms with Crippen LogP contribution in [0.5, 0.6) is 5.75 Å². The van der Waals surface area contributed by atoms with Crippen molar-refractivity contribution in [3.05, 3.63) is 54.1 Å². The molecule has 5 nitrogen and oxygen atoms in total. The molecule has 0 saturated carbocycles. The lowest BCUT2D eigenvalue weighted by atomic mass is 9.92. The van der Waals surface area contributed by atoms with E-state index < -0.39 is 30.4 Å². The van der Waals surface area contributed by atoms with Gasteiger partial charge in [-0.2, -0.15) is 26.3 Å². The number of benzene rings is 2. The van der Waals surface area contributed by atoms with E-state index in [9.17, 15) is 35.9 Å². The van der Waals surface area contributed by atoms with E-state index in [0.29, 0.717) is 16.7 Å². The molecule has 0 saturated heterocycles. The van der Waals surface area contributed by atoms with Crippen LogP contribution < -0.4 is 10.1 Å². The first-order valence-corrected chi connectivity index (χ1v) is 8.44. The van der Waals surface area contributed by atoms with Crippen molar-refractivity contribution in [2.24, 2.45) is 0 Å². The highest BCUT2D eigenvalue weighted by atomic mass is 35.5. The third-order valence-corrected chi connectivity index (χ3v) is 3.90. The number of nitrogens with zero attached hydrogens (tertiary/aromatic N) is 1. The summed E-state index contributed by atoms with van der Waals surface area (Å²) in [6.07, 6.45) is -9.70. The van der Waals surface area contributed by atoms with Gasteiger partial charge in [-0.25, -0.2) is 4.79 Å². The van der Waals surface area contributed by atoms with E-state index in [2.05, 4.69) is 4.74 Å². The number of urea groups is 1. The van der Waals surface area contributed by atoms with Gasteiger partial charge in [0, 0.05) is 34.7 Å². The van der Waals surface area contributed by atoms with Crippen LogP contribution in [0.3, 0.4) is 0 Å². The Hall–Kier alpha value is -2.66. The van der Waals surface area contributed by atoms with Crippen molar-refractivity contribution in [3.8, 4) is 16.9 Å². The van der Waals surface area contributed by atoms with E-state index in [1.54, 1.807) is 36.4 Å². The van der Waals surface area contributed by atoms with Gasteiger partial charge in [0.1, 0.15) is 5.75 Å². The summed E-state index contributed by atoms with van der Waals surface area (Å²) < 4.78 is 76.9. The van der Waals surface area contributed by atoms with Crippen LogP contribution in [0.4, 0.5) is 31.1 Å². The summed E-state index contributed by atoms with van der Waals surface area (Å²) in [5.74, 6) is -6.35. The number of fused-ring (bicyclic) bond motifs is 1. The highest BCUT2D eigenvalue weighted by Crippen LogP contribution is 2.46. The fourth-order valence-corrected chi connectivity index (χ4v) is 2.05. The second kappa shape index (κ2) is 9.00. The number of ether oxygens (including phenoxy) is 1. The van der Waals surface area contributed by atoms with Gasteiger partial charge in [-0.15, -0.1) is 3.94 Å². The maximum Gasteiger partial charge on any atom is 0.460 e. The molecule has 0 aliphatic heterocycles. The second-order valence-electron chi connectivity index (χ2n) is 5.62. The normalized spacial score (nSPS) is 12.8. The number of imide groups is 1. The van der Waals surface area contributed by atoms with Crippen LogP contribution in [-0.2, 0) is 0 Å². The fraction of sp³-hybridized carbons (Fsp3) is 0.176. The first-order chi connectivity index (χ1) is 13.8. The molecular weight excluding hydrogens is 465 g/mol. The molecule has 3 amide bonds. The SMILES string of the molecule is FC(Oc1cc2ccc1-2)C(F)(F)C(F)(F)F.O=C(NC(=O)N(Cl)Cl)c1ccccc1. The van der Waals surface area contributed by atoms with Gasteiger partial charge >= 0.3 is 24.5 Å². The van der Waals surface area contributed by atoms with Gasteiger partial charge in [0.25, 0.3) is 5.91 Å². The Labute approximate surface area is 175 Å². The Balaban J connectivity index is 0.000000216. The predicted molar refractivity (Wildman–Crippen MR) is 94.8 cm³/mol. The number of nitrogens with one attached hydrogen (secondary N) is 1. The van der Waals surface area contributed by atoms with Gasteiger partial charge in [-0.3, -0.25) is 10.1 Å². The number of rotatable bonds is 4. The molecule has 1 aromatic carbocycles. The lowest BCUT2D eigenvalue weighted by Gasteiger charge is -2.27. The lowest BCUT2D eigenvalue weighted by molar-refractivity contribution is -0.328. The Bertz CT molecular complexity index is 925. The summed E-state index contributed by atoms with van der Waals surface area (Å²) in [7, 11) is 0. The zero-order chi connectivity index (χ0) is 22.7. The Morgan fingerprint density at radius 3 is 2.00 bits per heavy atom. The van der Waals surface area contributed by atoms with E-state index in [1.807, 2.05) is 5.32 Å². The third-order valence-electron chi connectivity index (χ3n) is 3.60. The van der Waals surface area contributed by atoms with E-state index >= 15 is 0 Å². The molecule has 1 unspecified atom stereocenters. The van der Waals surface area contributed by atoms with E-state index in [-0.39, 0.29) is 9.69 Å². The van der Waals surface area contributed by atoms with Crippen molar-refractivity contribution in [2.75, 3.05) is 0 Å². The molecule has 30 heavy (non-hydrogen) atoms. The average molecular weight is 475 g/mol. The summed E-state index contributed by atoms with van der Waals surface area (Å²) in [5, 5.41) is 1.98. The maximum absolute atomic E-state index is 12.7. The Morgan fingerprint density at radius 1 is 1.00 bits per heavy atom. The molecule has 0 bridgehead atoms. The molecule has 0 fully saturated rings. The third kappa shape index (κ3) is 5.28. The summed E-state index contributed by atoms with van der Waals surface area (Å²) in [4.78, 5) is 22.1. The summed E-state index contributed by atoms with van der Waals surface area (Å²) in [5.41, 5.74) is 1.37. The fourth-order valence-electron chi connectivity index (χ4n) is 1.97. The summed E-state index contributed by atoms with van der Waals surface area (Å²) >= 11 is 10.2. The summed E-state index contributed by atoms with van der Waals surface area (Å²) in [6.45, 7) is 0. The Morgan fingerprint density at radius 2 is 1.60 bits per heavy atom. The van der Waals surface area contributed by atoms with Gasteiger partial charge in [-0.1, -0.05) is 30.3 Å². The molecule has 0 aromatic heterocycles. The van der Waals surface area contributed by atoms with Gasteiger partial charge in [0.2, 0.25) is 0 Å². The van der Waals surface area contributed by atoms with Crippen LogP contribution in [0, 0.1) is 0 Å². The highest BCUT2D eigenvalue weighted by Gasteiger charge is 2.65. The van der Waals surface area contributed by atoms with Gasteiger partial charge in [0.05, 0.1) is 0 Å². The van der Waals surface area contributed by atoms with Crippen LogP contribution in [0.2, 0.25) is 0 Å². The van der Waals surface area contributed by atoms with Crippen LogP contribution in [0.1, 0.15) is 10.4 Å². The van der Waals surface area contributed by atoms with Crippen molar-refractivity contribution in [1.29, 1.82) is 0 Å². The minimum atomic E-state index is -5.97. The standard InChI is InChI=1S/C9H4F6O.C8H6Cl2N2O2/c10-7(8(11,12)9(13,14)15)16-6-3-4-1-2-5(4)6;9-12(10)8(14)11-7(13)6-4-2-1-3-5-6/h1-3,7H;1-5H,(H,11,13,14). The number of halogens is 8. The van der Waals surface area contributed by atoms with Crippen LogP contribution in [0.15, 0.2) is 48.5 Å². The van der Waals surface area contributed by atoms with E-state index in [1.165, 1.54) is 12.1 Å². The zero-order valence-corrected chi connectivity index (χ0v) is 15.9. The molecule has 0 heterocycles. The Kier molecular flexibility index (Phi) is 7.09. The number of hydrogen-bond donors (Lipinski definition) is 1. The lowest BCUT2D eigenvalue weighted by Crippen LogP contribution is -2.47. The highest BCUT2D eigenvalue weighted by molar-refractivity contribution is 6.42. The molecule has 1 N–H and O–H groups in total. The van der Waals surface area contributed by atoms with Crippen molar-refractivity contribution in [2.45, 2.75) is 18.5 Å². The quantitative estimate of drug-likeness (QED) is 0.390. The molecule has 2 aliphatic carbocycles. The predicted octanol–water partition coefficient (Wildman–Crippen LogP) is 5.69. The monoisotopic (exact) mass is 474 g/mol. The molecular formula is C17H10Cl2F6N2O3. The summed E-state index contributed by atoms with van der Waals surface area (Å²) in [6, 6.07) is 11.6. The molecule has 3 rings (SSSR count). The molecule has 13 heteroatoms. The van der Waals surface area contributed by atoms with Crippen LogP contribution in [0.25, 0.3) is 11.1 Å². The first-order valence-electron chi connectivity index (χ1n) is 7.76. The van der Waals surface area contributed by atoms with Crippen molar-refractivity contribution in [3.63, 3.8) is 0 Å². The number of amides is 3. The number of hydrogen-bond acceptors (Lipinski definition) is 3. The molecule has 1 atom stereocenters. The van der Waals surface area contributed by atoms with Gasteiger partial charge in [-0.05, 0) is 23.8 Å². The zero-order valence-electron chi connectivity index (χ0n) is 14.4. The second-order valence-corrected chi connectivity index (χ2v) is 6.47. The van der Waals surface area contributed by atoms with Crippen molar-refractivity contribution in [1.82, 2.24) is 9.25 Å². The van der Waals surface area contributed by atoms with Crippen LogP contribution in [-0.4, -0.2) is 34.3 Å². The topological polar surface area (TPSA) is 58.6 Å². The molecule has 162 valence electrons. The average Bonchev–Trinajstić information content (AvgIpc) is 2.65. The van der Waals surface area contributed by atoms with Gasteiger partial charge < -0.3 is 4.74 Å². The van der Waals surface area contributed by atoms with E-state index in [4.69, 9.17) is 23.6 Å². The largest absolute Gasteiger partial charge is 0.460 e. The van der Waals surface area contributed by atoms with Crippen molar-refractivity contribution < 1.29 is 40.7 Å². The van der Waals surface area contributed by atoms with E-state index in [0.717, 1.165) is 0 Å². The number of carbonyl (C=O) groups excluding carboxylic acids is 2. The minimum absolute atomic E-state index is 0.251. The maximum atomic E-state index is 12.7.